The number of ether oxygens (including phenoxy) is 1. The van der Waals surface area contributed by atoms with Crippen molar-refractivity contribution in [3.05, 3.63) is 22.7 Å². The number of anilines is 1. The van der Waals surface area contributed by atoms with E-state index in [9.17, 15) is 9.59 Å². The van der Waals surface area contributed by atoms with Crippen molar-refractivity contribution in [2.75, 3.05) is 12.4 Å². The van der Waals surface area contributed by atoms with Gasteiger partial charge in [-0.1, -0.05) is 22.9 Å². The highest BCUT2D eigenvalue weighted by Crippen LogP contribution is 2.27. The molecule has 1 aromatic rings. The van der Waals surface area contributed by atoms with E-state index in [4.69, 9.17) is 4.74 Å². The number of rotatable bonds is 5. The van der Waals surface area contributed by atoms with Crippen LogP contribution in [0.5, 0.6) is 5.75 Å². The van der Waals surface area contributed by atoms with E-state index < -0.39 is 6.04 Å². The van der Waals surface area contributed by atoms with Gasteiger partial charge < -0.3 is 10.1 Å². The highest BCUT2D eigenvalue weighted by Gasteiger charge is 2.40. The Morgan fingerprint density at radius 3 is 2.76 bits per heavy atom. The summed E-state index contributed by atoms with van der Waals surface area (Å²) in [6, 6.07) is 4.91. The van der Waals surface area contributed by atoms with Crippen LogP contribution in [0.15, 0.2) is 22.7 Å². The third-order valence-electron chi connectivity index (χ3n) is 3.66. The maximum Gasteiger partial charge on any atom is 0.252 e. The van der Waals surface area contributed by atoms with Crippen LogP contribution in [0.3, 0.4) is 0 Å². The number of nitrogens with zero attached hydrogens (tertiary/aromatic N) is 1. The molecule has 2 atom stereocenters. The van der Waals surface area contributed by atoms with E-state index in [1.165, 1.54) is 4.90 Å². The Morgan fingerprint density at radius 1 is 1.43 bits per heavy atom. The molecule has 0 radical (unpaired) electrons. The largest absolute Gasteiger partial charge is 0.497 e. The predicted molar refractivity (Wildman–Crippen MR) is 84.3 cm³/mol. The van der Waals surface area contributed by atoms with Gasteiger partial charge >= 0.3 is 0 Å². The average molecular weight is 355 g/mol. The number of nitrogens with one attached hydrogen (secondary N) is 1. The molecule has 0 saturated carbocycles. The first-order valence-corrected chi connectivity index (χ1v) is 7.72. The van der Waals surface area contributed by atoms with Crippen molar-refractivity contribution >= 4 is 33.4 Å². The summed E-state index contributed by atoms with van der Waals surface area (Å²) >= 11 is 3.39. The van der Waals surface area contributed by atoms with Crippen LogP contribution in [0, 0.1) is 0 Å². The molecule has 114 valence electrons. The monoisotopic (exact) mass is 354 g/mol. The van der Waals surface area contributed by atoms with Crippen LogP contribution < -0.4 is 10.1 Å². The summed E-state index contributed by atoms with van der Waals surface area (Å²) in [4.78, 5) is 25.7. The lowest BCUT2D eigenvalue weighted by molar-refractivity contribution is -0.140. The van der Waals surface area contributed by atoms with Gasteiger partial charge in [0.25, 0.3) is 5.91 Å². The van der Waals surface area contributed by atoms with E-state index >= 15 is 0 Å². The van der Waals surface area contributed by atoms with Gasteiger partial charge in [0, 0.05) is 22.3 Å². The summed E-state index contributed by atoms with van der Waals surface area (Å²) in [5.41, 5.74) is 0.748. The first-order chi connectivity index (χ1) is 9.96. The van der Waals surface area contributed by atoms with Gasteiger partial charge in [-0.2, -0.15) is 0 Å². The number of carbonyl (C=O) groups excluding carboxylic acids is 2. The van der Waals surface area contributed by atoms with Gasteiger partial charge in [-0.25, -0.2) is 0 Å². The first-order valence-electron chi connectivity index (χ1n) is 6.93. The smallest absolute Gasteiger partial charge is 0.252 e. The zero-order chi connectivity index (χ0) is 15.6. The second-order valence-electron chi connectivity index (χ2n) is 5.14. The molecule has 5 nitrogen and oxygen atoms in total. The third kappa shape index (κ3) is 3.37. The molecule has 2 amide bonds. The third-order valence-corrected chi connectivity index (χ3v) is 4.12. The molecule has 1 aliphatic rings. The standard InChI is InChI=1S/C15H19BrN2O3/c1-4-9(2)18-14(19)8-13(15(18)20)17-11-5-10(16)6-12(7-11)21-3/h5-7,9,13,17H,4,8H2,1-3H3. The Balaban J connectivity index is 2.16. The topological polar surface area (TPSA) is 58.6 Å². The number of likely N-dealkylation sites (tertiary alicyclic amines) is 1. The molecule has 6 heteroatoms. The van der Waals surface area contributed by atoms with E-state index in [1.807, 2.05) is 26.0 Å². The molecular formula is C15H19BrN2O3. The lowest BCUT2D eigenvalue weighted by atomic mass is 10.2. The molecule has 1 N–H and O–H groups in total. The van der Waals surface area contributed by atoms with Crippen molar-refractivity contribution in [3.63, 3.8) is 0 Å². The number of amides is 2. The zero-order valence-electron chi connectivity index (χ0n) is 12.4. The van der Waals surface area contributed by atoms with Gasteiger partial charge in [0.15, 0.2) is 0 Å². The average Bonchev–Trinajstić information content (AvgIpc) is 2.72. The van der Waals surface area contributed by atoms with E-state index in [1.54, 1.807) is 13.2 Å². The molecule has 1 saturated heterocycles. The number of imide groups is 1. The van der Waals surface area contributed by atoms with Crippen LogP contribution in [0.25, 0.3) is 0 Å². The lowest BCUT2D eigenvalue weighted by Gasteiger charge is -2.22. The Labute approximate surface area is 132 Å². The summed E-state index contributed by atoms with van der Waals surface area (Å²) in [6.45, 7) is 3.85. The summed E-state index contributed by atoms with van der Waals surface area (Å²) in [5, 5.41) is 3.12. The molecule has 1 aromatic carbocycles. The lowest BCUT2D eigenvalue weighted by Crippen LogP contribution is -2.40. The summed E-state index contributed by atoms with van der Waals surface area (Å²) in [6.07, 6.45) is 0.951. The number of halogens is 1. The fraction of sp³-hybridized carbons (Fsp3) is 0.467. The van der Waals surface area contributed by atoms with E-state index in [-0.39, 0.29) is 24.3 Å². The van der Waals surface area contributed by atoms with Gasteiger partial charge in [0.05, 0.1) is 13.5 Å². The molecule has 0 aromatic heterocycles. The van der Waals surface area contributed by atoms with Crippen LogP contribution in [-0.2, 0) is 9.59 Å². The van der Waals surface area contributed by atoms with Crippen LogP contribution in [-0.4, -0.2) is 35.9 Å². The quantitative estimate of drug-likeness (QED) is 0.826. The van der Waals surface area contributed by atoms with E-state index in [2.05, 4.69) is 21.2 Å². The highest BCUT2D eigenvalue weighted by molar-refractivity contribution is 9.10. The summed E-state index contributed by atoms with van der Waals surface area (Å²) in [7, 11) is 1.58. The molecule has 1 fully saturated rings. The van der Waals surface area contributed by atoms with Crippen molar-refractivity contribution in [2.45, 2.75) is 38.8 Å². The highest BCUT2D eigenvalue weighted by atomic mass is 79.9. The minimum atomic E-state index is -0.509. The van der Waals surface area contributed by atoms with Crippen LogP contribution in [0.1, 0.15) is 26.7 Å². The van der Waals surface area contributed by atoms with Crippen molar-refractivity contribution in [1.82, 2.24) is 4.90 Å². The van der Waals surface area contributed by atoms with Crippen LogP contribution in [0.2, 0.25) is 0 Å². The minimum Gasteiger partial charge on any atom is -0.497 e. The number of benzene rings is 1. The molecule has 2 rings (SSSR count). The van der Waals surface area contributed by atoms with Crippen molar-refractivity contribution in [2.24, 2.45) is 0 Å². The SMILES string of the molecule is CCC(C)N1C(=O)CC(Nc2cc(Br)cc(OC)c2)C1=O. The molecular weight excluding hydrogens is 336 g/mol. The van der Waals surface area contributed by atoms with E-state index in [0.717, 1.165) is 16.6 Å². The summed E-state index contributed by atoms with van der Waals surface area (Å²) < 4.78 is 6.04. The molecule has 1 heterocycles. The second kappa shape index (κ2) is 6.47. The molecule has 21 heavy (non-hydrogen) atoms. The maximum atomic E-state index is 12.4. The Kier molecular flexibility index (Phi) is 4.88. The van der Waals surface area contributed by atoms with Gasteiger partial charge in [0.1, 0.15) is 11.8 Å². The Hall–Kier alpha value is -1.56. The number of hydrogen-bond donors (Lipinski definition) is 1. The first kappa shape index (κ1) is 15.8. The normalized spacial score (nSPS) is 19.8. The van der Waals surface area contributed by atoms with Gasteiger partial charge in [0.2, 0.25) is 5.91 Å². The number of carbonyl (C=O) groups is 2. The fourth-order valence-electron chi connectivity index (χ4n) is 2.37. The molecule has 0 aliphatic carbocycles. The number of hydrogen-bond acceptors (Lipinski definition) is 4. The fourth-order valence-corrected chi connectivity index (χ4v) is 2.85. The summed E-state index contributed by atoms with van der Waals surface area (Å²) in [5.74, 6) is 0.407. The molecule has 0 spiro atoms. The molecule has 2 unspecified atom stereocenters. The maximum absolute atomic E-state index is 12.4. The van der Waals surface area contributed by atoms with Crippen molar-refractivity contribution in [1.29, 1.82) is 0 Å². The van der Waals surface area contributed by atoms with Crippen LogP contribution in [0.4, 0.5) is 5.69 Å². The number of methoxy groups -OCH3 is 1. The Bertz CT molecular complexity index is 562. The van der Waals surface area contributed by atoms with Gasteiger partial charge in [-0.05, 0) is 25.5 Å². The van der Waals surface area contributed by atoms with Crippen molar-refractivity contribution < 1.29 is 14.3 Å². The molecule has 0 bridgehead atoms. The van der Waals surface area contributed by atoms with Crippen LogP contribution >= 0.6 is 15.9 Å². The Morgan fingerprint density at radius 2 is 2.14 bits per heavy atom. The van der Waals surface area contributed by atoms with E-state index in [0.29, 0.717) is 5.75 Å². The van der Waals surface area contributed by atoms with Crippen molar-refractivity contribution in [3.8, 4) is 5.75 Å². The van der Waals surface area contributed by atoms with Gasteiger partial charge in [-0.3, -0.25) is 14.5 Å². The zero-order valence-corrected chi connectivity index (χ0v) is 13.9. The molecule has 1 aliphatic heterocycles. The predicted octanol–water partition coefficient (Wildman–Crippen LogP) is 2.80. The second-order valence-corrected chi connectivity index (χ2v) is 6.06. The minimum absolute atomic E-state index is 0.0613. The van der Waals surface area contributed by atoms with Gasteiger partial charge in [-0.15, -0.1) is 0 Å².